The van der Waals surface area contributed by atoms with Crippen LogP contribution in [0.25, 0.3) is 0 Å². The third-order valence-electron chi connectivity index (χ3n) is 9.20. The van der Waals surface area contributed by atoms with Crippen LogP contribution in [0.2, 0.25) is 0 Å². The average molecular weight is 582 g/mol. The van der Waals surface area contributed by atoms with E-state index in [9.17, 15) is 5.11 Å². The van der Waals surface area contributed by atoms with Gasteiger partial charge in [-0.25, -0.2) is 0 Å². The monoisotopic (exact) mass is 581 g/mol. The molecule has 0 saturated carbocycles. The summed E-state index contributed by atoms with van der Waals surface area (Å²) in [4.78, 5) is 5.69. The number of para-hydroxylation sites is 1. The lowest BCUT2D eigenvalue weighted by atomic mass is 9.70. The Morgan fingerprint density at radius 3 is 1.93 bits per heavy atom. The maximum absolute atomic E-state index is 12.4. The Labute approximate surface area is 257 Å². The van der Waals surface area contributed by atoms with Crippen LogP contribution in [0.3, 0.4) is 0 Å². The van der Waals surface area contributed by atoms with E-state index in [0.717, 1.165) is 29.4 Å². The minimum atomic E-state index is -0.750. The van der Waals surface area contributed by atoms with Crippen LogP contribution in [0.5, 0.6) is 5.75 Å². The number of nitrogens with zero attached hydrogens (tertiary/aromatic N) is 1. The first-order chi connectivity index (χ1) is 20.7. The number of hydrogen-bond donors (Lipinski definition) is 1. The summed E-state index contributed by atoms with van der Waals surface area (Å²) in [6, 6.07) is 43.0. The van der Waals surface area contributed by atoms with Crippen LogP contribution in [0.15, 0.2) is 126 Å². The third kappa shape index (κ3) is 5.13. The second-order valence-corrected chi connectivity index (χ2v) is 14.6. The zero-order valence-corrected chi connectivity index (χ0v) is 26.7. The molecule has 0 bridgehead atoms. The highest BCUT2D eigenvalue weighted by molar-refractivity contribution is 7.82. The van der Waals surface area contributed by atoms with Crippen molar-refractivity contribution in [1.29, 1.82) is 0 Å². The number of rotatable bonds is 6. The van der Waals surface area contributed by atoms with Crippen molar-refractivity contribution < 1.29 is 5.11 Å². The number of benzene rings is 5. The number of hydrogen-bond acceptors (Lipinski definition) is 2. The van der Waals surface area contributed by atoms with E-state index in [1.54, 1.807) is 0 Å². The van der Waals surface area contributed by atoms with Gasteiger partial charge in [0, 0.05) is 16.5 Å². The van der Waals surface area contributed by atoms with E-state index < -0.39 is 13.3 Å². The summed E-state index contributed by atoms with van der Waals surface area (Å²) < 4.78 is 0. The fourth-order valence-electron chi connectivity index (χ4n) is 7.01. The van der Waals surface area contributed by atoms with E-state index in [4.69, 9.17) is 4.99 Å². The third-order valence-corrected chi connectivity index (χ3v) is 11.8. The molecule has 1 aliphatic heterocycles. The number of phenols is 1. The number of phenolic OH excluding ortho intramolecular Hbond substituents is 1. The van der Waals surface area contributed by atoms with Crippen molar-refractivity contribution in [2.24, 2.45) is 4.99 Å². The minimum absolute atomic E-state index is 0.371. The van der Waals surface area contributed by atoms with Gasteiger partial charge in [0.25, 0.3) is 0 Å². The Morgan fingerprint density at radius 1 is 0.721 bits per heavy atom. The van der Waals surface area contributed by atoms with Crippen molar-refractivity contribution >= 4 is 24.4 Å². The SMILES string of the molecule is Cc1cc(C)c(N=C2P(c3ccccc3)CCC2(c2ccccc2)c2cccc(C(C)(C)c3ccccc3)c2O)c(C)c1. The highest BCUT2D eigenvalue weighted by Crippen LogP contribution is 2.60. The molecule has 216 valence electrons. The van der Waals surface area contributed by atoms with Gasteiger partial charge < -0.3 is 5.11 Å². The molecule has 2 atom stereocenters. The van der Waals surface area contributed by atoms with Crippen molar-refractivity contribution in [3.05, 3.63) is 160 Å². The molecular weight excluding hydrogens is 541 g/mol. The smallest absolute Gasteiger partial charge is 0.124 e. The second kappa shape index (κ2) is 11.6. The fraction of sp³-hybridized carbons (Fsp3) is 0.225. The Bertz CT molecular complexity index is 1750. The van der Waals surface area contributed by atoms with E-state index in [-0.39, 0.29) is 5.41 Å². The Balaban J connectivity index is 1.66. The molecule has 6 rings (SSSR count). The van der Waals surface area contributed by atoms with Gasteiger partial charge in [0.1, 0.15) is 5.75 Å². The largest absolute Gasteiger partial charge is 0.507 e. The first kappa shape index (κ1) is 29.1. The average Bonchev–Trinajstić information content (AvgIpc) is 3.40. The summed E-state index contributed by atoms with van der Waals surface area (Å²) in [5, 5.41) is 13.7. The quantitative estimate of drug-likeness (QED) is 0.199. The van der Waals surface area contributed by atoms with E-state index in [2.05, 4.69) is 150 Å². The molecule has 5 aromatic rings. The molecule has 1 fully saturated rings. The summed E-state index contributed by atoms with van der Waals surface area (Å²) in [6.45, 7) is 10.9. The maximum atomic E-state index is 12.4. The van der Waals surface area contributed by atoms with Crippen molar-refractivity contribution in [2.45, 2.75) is 51.9 Å². The van der Waals surface area contributed by atoms with Gasteiger partial charge in [-0.2, -0.15) is 0 Å². The van der Waals surface area contributed by atoms with Gasteiger partial charge >= 0.3 is 0 Å². The highest BCUT2D eigenvalue weighted by Gasteiger charge is 2.50. The molecule has 1 heterocycles. The van der Waals surface area contributed by atoms with Crippen LogP contribution in [0, 0.1) is 20.8 Å². The Hall–Kier alpha value is -4.00. The zero-order valence-electron chi connectivity index (χ0n) is 25.8. The van der Waals surface area contributed by atoms with Gasteiger partial charge in [-0.05, 0) is 68.8 Å². The van der Waals surface area contributed by atoms with Crippen molar-refractivity contribution in [2.75, 3.05) is 6.16 Å². The molecule has 43 heavy (non-hydrogen) atoms. The maximum Gasteiger partial charge on any atom is 0.124 e. The lowest BCUT2D eigenvalue weighted by molar-refractivity contribution is 0.438. The Morgan fingerprint density at radius 2 is 1.30 bits per heavy atom. The van der Waals surface area contributed by atoms with Gasteiger partial charge in [-0.1, -0.05) is 141 Å². The van der Waals surface area contributed by atoms with Gasteiger partial charge in [0.2, 0.25) is 0 Å². The standard InChI is InChI=1S/C40H40NOP/c1-28-26-29(2)36(30(3)27-28)41-38-40(32-18-11-7-12-19-32,24-25-43(38)33-20-13-8-14-21-33)35-23-15-22-34(37(35)42)39(4,5)31-16-9-6-10-17-31/h6-23,26-27,42H,24-25H2,1-5H3. The summed E-state index contributed by atoms with van der Waals surface area (Å²) in [5.41, 5.74) is 9.12. The second-order valence-electron chi connectivity index (χ2n) is 12.4. The lowest BCUT2D eigenvalue weighted by Gasteiger charge is -2.36. The number of aliphatic imine (C=N–C) groups is 1. The van der Waals surface area contributed by atoms with Crippen LogP contribution in [0.4, 0.5) is 5.69 Å². The predicted octanol–water partition coefficient (Wildman–Crippen LogP) is 9.87. The van der Waals surface area contributed by atoms with Crippen LogP contribution in [-0.2, 0) is 10.8 Å². The molecule has 2 nitrogen and oxygen atoms in total. The first-order valence-corrected chi connectivity index (χ1v) is 16.7. The molecule has 5 aromatic carbocycles. The molecule has 1 N–H and O–H groups in total. The molecular formula is C40H40NOP. The summed E-state index contributed by atoms with van der Waals surface area (Å²) in [5.74, 6) is 0.371. The molecule has 0 spiro atoms. The van der Waals surface area contributed by atoms with Gasteiger partial charge in [-0.15, -0.1) is 0 Å². The minimum Gasteiger partial charge on any atom is -0.507 e. The molecule has 0 amide bonds. The number of aromatic hydroxyl groups is 1. The molecule has 1 aliphatic rings. The predicted molar refractivity (Wildman–Crippen MR) is 184 cm³/mol. The zero-order chi connectivity index (χ0) is 30.2. The van der Waals surface area contributed by atoms with Gasteiger partial charge in [-0.3, -0.25) is 4.99 Å². The van der Waals surface area contributed by atoms with Crippen LogP contribution in [0.1, 0.15) is 59.2 Å². The van der Waals surface area contributed by atoms with Gasteiger partial charge in [0.05, 0.1) is 16.6 Å². The topological polar surface area (TPSA) is 32.6 Å². The number of aryl methyl sites for hydroxylation is 3. The van der Waals surface area contributed by atoms with E-state index in [1.807, 2.05) is 6.07 Å². The van der Waals surface area contributed by atoms with Gasteiger partial charge in [0.15, 0.2) is 0 Å². The van der Waals surface area contributed by atoms with E-state index in [1.165, 1.54) is 38.6 Å². The molecule has 3 heteroatoms. The molecule has 0 aromatic heterocycles. The summed E-state index contributed by atoms with van der Waals surface area (Å²) in [6.07, 6.45) is 1.88. The molecule has 1 saturated heterocycles. The normalized spacial score (nSPS) is 19.6. The Kier molecular flexibility index (Phi) is 7.84. The lowest BCUT2D eigenvalue weighted by Crippen LogP contribution is -2.34. The fourth-order valence-corrected chi connectivity index (χ4v) is 9.86. The first-order valence-electron chi connectivity index (χ1n) is 15.2. The summed E-state index contributed by atoms with van der Waals surface area (Å²) >= 11 is 0. The summed E-state index contributed by atoms with van der Waals surface area (Å²) in [7, 11) is -0.750. The van der Waals surface area contributed by atoms with Crippen LogP contribution < -0.4 is 5.30 Å². The van der Waals surface area contributed by atoms with E-state index >= 15 is 0 Å². The van der Waals surface area contributed by atoms with Crippen molar-refractivity contribution in [3.8, 4) is 5.75 Å². The van der Waals surface area contributed by atoms with Crippen LogP contribution in [-0.4, -0.2) is 16.7 Å². The highest BCUT2D eigenvalue weighted by atomic mass is 31.1. The molecule has 0 radical (unpaired) electrons. The van der Waals surface area contributed by atoms with Crippen molar-refractivity contribution in [1.82, 2.24) is 0 Å². The van der Waals surface area contributed by atoms with E-state index in [0.29, 0.717) is 5.75 Å². The molecule has 2 unspecified atom stereocenters. The molecule has 0 aliphatic carbocycles. The van der Waals surface area contributed by atoms with Crippen molar-refractivity contribution in [3.63, 3.8) is 0 Å². The van der Waals surface area contributed by atoms with Crippen LogP contribution >= 0.6 is 7.92 Å².